The zero-order chi connectivity index (χ0) is 12.1. The summed E-state index contributed by atoms with van der Waals surface area (Å²) in [7, 11) is 0. The monoisotopic (exact) mass is 239 g/mol. The summed E-state index contributed by atoms with van der Waals surface area (Å²) in [4.78, 5) is 4.40. The third kappa shape index (κ3) is 3.51. The van der Waals surface area contributed by atoms with Crippen molar-refractivity contribution in [3.8, 4) is 0 Å². The number of nitrogens with zero attached hydrogens (tertiary/aromatic N) is 2. The molecule has 96 valence electrons. The first-order valence-electron chi connectivity index (χ1n) is 6.47. The molecule has 2 heterocycles. The number of nitrogens with one attached hydrogen (secondary N) is 1. The van der Waals surface area contributed by atoms with Gasteiger partial charge in [0.15, 0.2) is 0 Å². The number of hydrogen-bond acceptors (Lipinski definition) is 5. The molecular weight excluding hydrogens is 218 g/mol. The van der Waals surface area contributed by atoms with Gasteiger partial charge in [0.25, 0.3) is 0 Å². The minimum absolute atomic E-state index is 0.0476. The first-order valence-corrected chi connectivity index (χ1v) is 6.47. The Morgan fingerprint density at radius 1 is 1.53 bits per heavy atom. The molecule has 1 aliphatic heterocycles. The molecule has 5 nitrogen and oxygen atoms in total. The molecule has 0 aromatic carbocycles. The van der Waals surface area contributed by atoms with Crippen LogP contribution in [0, 0.1) is 0 Å². The molecule has 1 aromatic heterocycles. The van der Waals surface area contributed by atoms with Crippen molar-refractivity contribution in [2.45, 2.75) is 51.7 Å². The van der Waals surface area contributed by atoms with Gasteiger partial charge in [0.05, 0.1) is 0 Å². The Morgan fingerprint density at radius 3 is 3.12 bits per heavy atom. The number of ether oxygens (including phenoxy) is 1. The molecule has 0 radical (unpaired) electrons. The van der Waals surface area contributed by atoms with Crippen LogP contribution in [-0.2, 0) is 11.2 Å². The van der Waals surface area contributed by atoms with E-state index in [0.29, 0.717) is 17.8 Å². The topological polar surface area (TPSA) is 60.2 Å². The molecule has 1 aliphatic rings. The van der Waals surface area contributed by atoms with E-state index in [1.807, 2.05) is 0 Å². The van der Waals surface area contributed by atoms with Crippen LogP contribution in [0.1, 0.15) is 50.9 Å². The highest BCUT2D eigenvalue weighted by molar-refractivity contribution is 4.94. The van der Waals surface area contributed by atoms with Gasteiger partial charge < -0.3 is 14.6 Å². The van der Waals surface area contributed by atoms with E-state index < -0.39 is 0 Å². The fourth-order valence-electron chi connectivity index (χ4n) is 1.99. The van der Waals surface area contributed by atoms with Crippen LogP contribution in [-0.4, -0.2) is 29.3 Å². The van der Waals surface area contributed by atoms with E-state index in [0.717, 1.165) is 38.8 Å². The molecule has 1 saturated heterocycles. The average Bonchev–Trinajstić information content (AvgIpc) is 2.95. The number of hydrogen-bond donors (Lipinski definition) is 1. The molecule has 0 amide bonds. The molecule has 5 heteroatoms. The number of aromatic nitrogens is 2. The molecular formula is C12H21N3O2. The fourth-order valence-corrected chi connectivity index (χ4v) is 1.99. The largest absolute Gasteiger partial charge is 0.370 e. The van der Waals surface area contributed by atoms with Gasteiger partial charge in [0.2, 0.25) is 11.7 Å². The highest BCUT2D eigenvalue weighted by Gasteiger charge is 2.23. The third-order valence-corrected chi connectivity index (χ3v) is 2.93. The molecule has 0 spiro atoms. The molecule has 0 bridgehead atoms. The van der Waals surface area contributed by atoms with Crippen LogP contribution in [0.2, 0.25) is 0 Å². The van der Waals surface area contributed by atoms with E-state index in [1.165, 1.54) is 0 Å². The smallest absolute Gasteiger partial charge is 0.228 e. The van der Waals surface area contributed by atoms with Gasteiger partial charge >= 0.3 is 0 Å². The molecule has 2 rings (SSSR count). The van der Waals surface area contributed by atoms with Gasteiger partial charge in [-0.2, -0.15) is 4.98 Å². The lowest BCUT2D eigenvalue weighted by atomic mass is 10.2. The van der Waals surface area contributed by atoms with Gasteiger partial charge in [-0.15, -0.1) is 0 Å². The minimum atomic E-state index is 0.0476. The molecule has 1 fully saturated rings. The third-order valence-electron chi connectivity index (χ3n) is 2.93. The van der Waals surface area contributed by atoms with E-state index in [2.05, 4.69) is 29.3 Å². The van der Waals surface area contributed by atoms with Crippen molar-refractivity contribution >= 4 is 0 Å². The van der Waals surface area contributed by atoms with Gasteiger partial charge in [-0.3, -0.25) is 0 Å². The highest BCUT2D eigenvalue weighted by Crippen LogP contribution is 2.26. The summed E-state index contributed by atoms with van der Waals surface area (Å²) in [6.45, 7) is 6.12. The Balaban J connectivity index is 1.84. The zero-order valence-electron chi connectivity index (χ0n) is 10.6. The summed E-state index contributed by atoms with van der Waals surface area (Å²) in [6, 6.07) is 0.368. The Morgan fingerprint density at radius 2 is 2.41 bits per heavy atom. The Bertz CT molecular complexity index is 334. The standard InChI is InChI=1S/C12H21N3O2/c1-3-6-13-9(2)8-11-14-12(15-17-11)10-5-4-7-16-10/h9-10,13H,3-8H2,1-2H3. The average molecular weight is 239 g/mol. The summed E-state index contributed by atoms with van der Waals surface area (Å²) in [5.41, 5.74) is 0. The molecule has 1 N–H and O–H groups in total. The van der Waals surface area contributed by atoms with Gasteiger partial charge in [0, 0.05) is 19.1 Å². The number of rotatable bonds is 6. The quantitative estimate of drug-likeness (QED) is 0.821. The molecule has 2 atom stereocenters. The first kappa shape index (κ1) is 12.5. The maximum atomic E-state index is 5.52. The highest BCUT2D eigenvalue weighted by atomic mass is 16.5. The van der Waals surface area contributed by atoms with Crippen molar-refractivity contribution in [1.82, 2.24) is 15.5 Å². The van der Waals surface area contributed by atoms with Crippen molar-refractivity contribution in [2.75, 3.05) is 13.2 Å². The van der Waals surface area contributed by atoms with Crippen LogP contribution in [0.4, 0.5) is 0 Å². The first-order chi connectivity index (χ1) is 8.29. The van der Waals surface area contributed by atoms with E-state index >= 15 is 0 Å². The Labute approximate surface area is 102 Å². The van der Waals surface area contributed by atoms with Crippen LogP contribution in [0.5, 0.6) is 0 Å². The van der Waals surface area contributed by atoms with Crippen LogP contribution < -0.4 is 5.32 Å². The van der Waals surface area contributed by atoms with Gasteiger partial charge in [-0.05, 0) is 32.7 Å². The van der Waals surface area contributed by atoms with E-state index in [1.54, 1.807) is 0 Å². The predicted octanol–water partition coefficient (Wildman–Crippen LogP) is 1.85. The maximum absolute atomic E-state index is 5.52. The molecule has 2 unspecified atom stereocenters. The minimum Gasteiger partial charge on any atom is -0.370 e. The van der Waals surface area contributed by atoms with Gasteiger partial charge in [-0.25, -0.2) is 0 Å². The maximum Gasteiger partial charge on any atom is 0.228 e. The van der Waals surface area contributed by atoms with Gasteiger partial charge in [-0.1, -0.05) is 12.1 Å². The van der Waals surface area contributed by atoms with Crippen molar-refractivity contribution in [3.05, 3.63) is 11.7 Å². The van der Waals surface area contributed by atoms with Crippen LogP contribution in [0.3, 0.4) is 0 Å². The van der Waals surface area contributed by atoms with Crippen molar-refractivity contribution in [3.63, 3.8) is 0 Å². The molecule has 1 aromatic rings. The van der Waals surface area contributed by atoms with Crippen LogP contribution >= 0.6 is 0 Å². The second-order valence-corrected chi connectivity index (χ2v) is 4.61. The summed E-state index contributed by atoms with van der Waals surface area (Å²) >= 11 is 0. The van der Waals surface area contributed by atoms with E-state index in [4.69, 9.17) is 9.26 Å². The zero-order valence-corrected chi connectivity index (χ0v) is 10.6. The van der Waals surface area contributed by atoms with Crippen LogP contribution in [0.15, 0.2) is 4.52 Å². The fraction of sp³-hybridized carbons (Fsp3) is 0.833. The summed E-state index contributed by atoms with van der Waals surface area (Å²) in [5.74, 6) is 1.41. The Kier molecular flexibility index (Phi) is 4.50. The lowest BCUT2D eigenvalue weighted by Gasteiger charge is -2.09. The second-order valence-electron chi connectivity index (χ2n) is 4.61. The van der Waals surface area contributed by atoms with E-state index in [9.17, 15) is 0 Å². The lowest BCUT2D eigenvalue weighted by Crippen LogP contribution is -2.28. The molecule has 0 aliphatic carbocycles. The normalized spacial score (nSPS) is 21.9. The SMILES string of the molecule is CCCNC(C)Cc1nc(C2CCCO2)no1. The summed E-state index contributed by atoms with van der Waals surface area (Å²) in [6.07, 6.45) is 4.05. The molecule has 17 heavy (non-hydrogen) atoms. The van der Waals surface area contributed by atoms with Crippen molar-refractivity contribution in [1.29, 1.82) is 0 Å². The molecule has 0 saturated carbocycles. The summed E-state index contributed by atoms with van der Waals surface area (Å²) in [5, 5.41) is 7.39. The van der Waals surface area contributed by atoms with Crippen molar-refractivity contribution < 1.29 is 9.26 Å². The van der Waals surface area contributed by atoms with Crippen molar-refractivity contribution in [2.24, 2.45) is 0 Å². The second kappa shape index (κ2) is 6.12. The lowest BCUT2D eigenvalue weighted by molar-refractivity contribution is 0.103. The Hall–Kier alpha value is -0.940. The predicted molar refractivity (Wildman–Crippen MR) is 63.7 cm³/mol. The van der Waals surface area contributed by atoms with Gasteiger partial charge in [0.1, 0.15) is 6.10 Å². The van der Waals surface area contributed by atoms with Crippen LogP contribution in [0.25, 0.3) is 0 Å². The summed E-state index contributed by atoms with van der Waals surface area (Å²) < 4.78 is 10.8. The van der Waals surface area contributed by atoms with E-state index in [-0.39, 0.29) is 6.10 Å².